The van der Waals surface area contributed by atoms with E-state index in [1.807, 2.05) is 19.1 Å². The Morgan fingerprint density at radius 1 is 1.14 bits per heavy atom. The molecule has 2 aliphatic heterocycles. The maximum Gasteiger partial charge on any atom is 0.153 e. The van der Waals surface area contributed by atoms with E-state index in [0.717, 1.165) is 72.8 Å². The Balaban J connectivity index is 1.40. The van der Waals surface area contributed by atoms with Crippen LogP contribution in [0.15, 0.2) is 34.7 Å². The molecule has 0 atom stereocenters. The Kier molecular flexibility index (Phi) is 5.15. The van der Waals surface area contributed by atoms with Crippen LogP contribution < -0.4 is 10.1 Å². The van der Waals surface area contributed by atoms with Gasteiger partial charge in [-0.2, -0.15) is 0 Å². The quantitative estimate of drug-likeness (QED) is 0.598. The highest BCUT2D eigenvalue weighted by molar-refractivity contribution is 5.97. The van der Waals surface area contributed by atoms with Crippen LogP contribution in [0.25, 0.3) is 22.4 Å². The second kappa shape index (κ2) is 8.07. The van der Waals surface area contributed by atoms with E-state index in [1.165, 1.54) is 37.2 Å². The molecular formula is C24H29N3O2. The molecule has 0 amide bonds. The van der Waals surface area contributed by atoms with Gasteiger partial charge in [0.1, 0.15) is 17.2 Å². The summed E-state index contributed by atoms with van der Waals surface area (Å²) < 4.78 is 12.0. The van der Waals surface area contributed by atoms with E-state index in [-0.39, 0.29) is 0 Å². The average molecular weight is 392 g/mol. The molecule has 0 radical (unpaired) electrons. The van der Waals surface area contributed by atoms with Crippen LogP contribution in [0.5, 0.6) is 5.75 Å². The summed E-state index contributed by atoms with van der Waals surface area (Å²) in [5.41, 5.74) is 4.38. The van der Waals surface area contributed by atoms with Crippen molar-refractivity contribution >= 4 is 16.6 Å². The predicted molar refractivity (Wildman–Crippen MR) is 117 cm³/mol. The van der Waals surface area contributed by atoms with Gasteiger partial charge in [-0.3, -0.25) is 0 Å². The number of aryl methyl sites for hydroxylation is 1. The van der Waals surface area contributed by atoms with Gasteiger partial charge in [-0.15, -0.1) is 0 Å². The van der Waals surface area contributed by atoms with Crippen LogP contribution >= 0.6 is 0 Å². The topological polar surface area (TPSA) is 50.5 Å². The Hall–Kier alpha value is -2.53. The number of benzene rings is 1. The highest BCUT2D eigenvalue weighted by Crippen LogP contribution is 2.38. The zero-order valence-electron chi connectivity index (χ0n) is 17.2. The van der Waals surface area contributed by atoms with Crippen molar-refractivity contribution in [2.75, 3.05) is 38.1 Å². The summed E-state index contributed by atoms with van der Waals surface area (Å²) in [6.45, 7) is 7.33. The molecule has 152 valence electrons. The average Bonchev–Trinajstić information content (AvgIpc) is 3.42. The summed E-state index contributed by atoms with van der Waals surface area (Å²) in [4.78, 5) is 7.53. The zero-order valence-corrected chi connectivity index (χ0v) is 17.2. The van der Waals surface area contributed by atoms with Gasteiger partial charge < -0.3 is 19.4 Å². The number of aromatic nitrogens is 1. The van der Waals surface area contributed by atoms with Crippen molar-refractivity contribution in [2.24, 2.45) is 0 Å². The lowest BCUT2D eigenvalue weighted by atomic mass is 9.97. The van der Waals surface area contributed by atoms with Crippen molar-refractivity contribution in [1.29, 1.82) is 0 Å². The van der Waals surface area contributed by atoms with Gasteiger partial charge >= 0.3 is 0 Å². The third-order valence-electron chi connectivity index (χ3n) is 6.02. The monoisotopic (exact) mass is 391 g/mol. The number of rotatable bonds is 6. The molecule has 5 rings (SSSR count). The van der Waals surface area contributed by atoms with Crippen molar-refractivity contribution in [3.63, 3.8) is 0 Å². The van der Waals surface area contributed by atoms with Gasteiger partial charge in [0.15, 0.2) is 5.76 Å². The van der Waals surface area contributed by atoms with Crippen LogP contribution in [-0.4, -0.2) is 42.7 Å². The first-order valence-electron chi connectivity index (χ1n) is 10.9. The molecule has 3 aromatic rings. The second-order valence-corrected chi connectivity index (χ2v) is 8.18. The van der Waals surface area contributed by atoms with Crippen molar-refractivity contribution in [3.8, 4) is 17.2 Å². The first kappa shape index (κ1) is 18.5. The summed E-state index contributed by atoms with van der Waals surface area (Å²) in [6, 6.07) is 10.3. The first-order chi connectivity index (χ1) is 14.3. The number of anilines is 1. The van der Waals surface area contributed by atoms with Gasteiger partial charge in [0, 0.05) is 35.8 Å². The molecule has 5 nitrogen and oxygen atoms in total. The van der Waals surface area contributed by atoms with Gasteiger partial charge in [0.25, 0.3) is 0 Å². The molecule has 2 aliphatic rings. The number of ether oxygens (including phenoxy) is 1. The van der Waals surface area contributed by atoms with Gasteiger partial charge in [-0.1, -0.05) is 0 Å². The number of hydrogen-bond donors (Lipinski definition) is 1. The Bertz CT molecular complexity index is 1000. The number of pyridine rings is 1. The molecule has 0 aliphatic carbocycles. The minimum Gasteiger partial charge on any atom is -0.493 e. The molecule has 1 saturated heterocycles. The van der Waals surface area contributed by atoms with E-state index in [1.54, 1.807) is 0 Å². The second-order valence-electron chi connectivity index (χ2n) is 8.18. The first-order valence-corrected chi connectivity index (χ1v) is 10.9. The van der Waals surface area contributed by atoms with E-state index < -0.39 is 0 Å². The summed E-state index contributed by atoms with van der Waals surface area (Å²) in [7, 11) is 0. The Labute approximate surface area is 172 Å². The maximum atomic E-state index is 6.06. The summed E-state index contributed by atoms with van der Waals surface area (Å²) in [5.74, 6) is 2.65. The fourth-order valence-electron chi connectivity index (χ4n) is 4.55. The van der Waals surface area contributed by atoms with Crippen molar-refractivity contribution in [1.82, 2.24) is 9.88 Å². The van der Waals surface area contributed by atoms with E-state index >= 15 is 0 Å². The zero-order chi connectivity index (χ0) is 19.6. The van der Waals surface area contributed by atoms with Gasteiger partial charge in [0.2, 0.25) is 0 Å². The van der Waals surface area contributed by atoms with Crippen LogP contribution in [0, 0.1) is 6.92 Å². The molecule has 2 aromatic heterocycles. The fraction of sp³-hybridized carbons (Fsp3) is 0.458. The molecule has 0 saturated carbocycles. The third-order valence-corrected chi connectivity index (χ3v) is 6.02. The predicted octanol–water partition coefficient (Wildman–Crippen LogP) is 5.03. The number of nitrogens with zero attached hydrogens (tertiary/aromatic N) is 2. The number of furan rings is 1. The molecule has 1 fully saturated rings. The minimum atomic E-state index is 0.745. The van der Waals surface area contributed by atoms with E-state index in [4.69, 9.17) is 14.1 Å². The molecule has 0 unspecified atom stereocenters. The van der Waals surface area contributed by atoms with E-state index in [0.29, 0.717) is 0 Å². The molecule has 4 heterocycles. The summed E-state index contributed by atoms with van der Waals surface area (Å²) >= 11 is 0. The molecule has 29 heavy (non-hydrogen) atoms. The summed E-state index contributed by atoms with van der Waals surface area (Å²) in [5, 5.41) is 4.76. The Morgan fingerprint density at radius 3 is 2.86 bits per heavy atom. The number of likely N-dealkylation sites (tertiary alicyclic amines) is 1. The lowest BCUT2D eigenvalue weighted by Crippen LogP contribution is -2.21. The van der Waals surface area contributed by atoms with Gasteiger partial charge in [-0.05, 0) is 76.4 Å². The van der Waals surface area contributed by atoms with Crippen LogP contribution in [0.2, 0.25) is 0 Å². The number of hydrogen-bond acceptors (Lipinski definition) is 5. The van der Waals surface area contributed by atoms with Crippen molar-refractivity contribution < 1.29 is 9.15 Å². The van der Waals surface area contributed by atoms with E-state index in [9.17, 15) is 0 Å². The molecule has 1 N–H and O–H groups in total. The van der Waals surface area contributed by atoms with Crippen LogP contribution in [0.4, 0.5) is 5.69 Å². The highest BCUT2D eigenvalue weighted by Gasteiger charge is 2.21. The van der Waals surface area contributed by atoms with Crippen LogP contribution in [0.1, 0.15) is 37.0 Å². The minimum absolute atomic E-state index is 0.745. The van der Waals surface area contributed by atoms with Crippen LogP contribution in [-0.2, 0) is 6.42 Å². The molecular weight excluding hydrogens is 362 g/mol. The number of fused-ring (bicyclic) bond motifs is 3. The highest BCUT2D eigenvalue weighted by atomic mass is 16.5. The maximum absolute atomic E-state index is 6.06. The molecule has 0 spiro atoms. The lowest BCUT2D eigenvalue weighted by molar-refractivity contribution is 0.263. The SMILES string of the molecule is Cc1ccc(-c2nc3cc(OCCCN4CCCC4)ccc3c3c2CCCN3)o1. The van der Waals surface area contributed by atoms with Gasteiger partial charge in [-0.25, -0.2) is 4.98 Å². The third kappa shape index (κ3) is 3.84. The smallest absolute Gasteiger partial charge is 0.153 e. The van der Waals surface area contributed by atoms with Crippen molar-refractivity contribution in [2.45, 2.75) is 39.0 Å². The fourth-order valence-corrected chi connectivity index (χ4v) is 4.55. The molecule has 0 bridgehead atoms. The standard InChI is InChI=1S/C24H29N3O2/c1-17-7-10-22(29-17)24-20-6-4-11-25-23(20)19-9-8-18(16-21(19)26-24)28-15-5-14-27-12-2-3-13-27/h7-10,16,25H,2-6,11-15H2,1H3. The number of nitrogens with one attached hydrogen (secondary N) is 1. The molecule has 5 heteroatoms. The van der Waals surface area contributed by atoms with Crippen LogP contribution in [0.3, 0.4) is 0 Å². The van der Waals surface area contributed by atoms with Gasteiger partial charge in [0.05, 0.1) is 12.1 Å². The molecule has 1 aromatic carbocycles. The van der Waals surface area contributed by atoms with Crippen molar-refractivity contribution in [3.05, 3.63) is 41.7 Å². The van der Waals surface area contributed by atoms with E-state index in [2.05, 4.69) is 28.4 Å². The summed E-state index contributed by atoms with van der Waals surface area (Å²) in [6.07, 6.45) is 5.88. The lowest BCUT2D eigenvalue weighted by Gasteiger charge is -2.22. The normalized spacial score (nSPS) is 16.7. The largest absolute Gasteiger partial charge is 0.493 e. The Morgan fingerprint density at radius 2 is 2.03 bits per heavy atom.